The van der Waals surface area contributed by atoms with Crippen molar-refractivity contribution in [2.45, 2.75) is 46.2 Å². The van der Waals surface area contributed by atoms with Gasteiger partial charge in [-0.25, -0.2) is 0 Å². The molecule has 1 aliphatic heterocycles. The normalized spacial score (nSPS) is 16.9. The van der Waals surface area contributed by atoms with Crippen molar-refractivity contribution in [1.82, 2.24) is 15.0 Å². The van der Waals surface area contributed by atoms with Crippen molar-refractivity contribution in [2.75, 3.05) is 0 Å². The minimum atomic E-state index is -0.163. The summed E-state index contributed by atoms with van der Waals surface area (Å²) in [6.45, 7) is 6.74. The predicted molar refractivity (Wildman–Crippen MR) is 103 cm³/mol. The van der Waals surface area contributed by atoms with Crippen molar-refractivity contribution in [3.8, 4) is 11.4 Å². The molecule has 1 aromatic heterocycles. The lowest BCUT2D eigenvalue weighted by Gasteiger charge is -2.23. The highest BCUT2D eigenvalue weighted by atomic mass is 16.5. The maximum Gasteiger partial charge on any atom is 0.249 e. The number of hydrogen-bond donors (Lipinski definition) is 0. The van der Waals surface area contributed by atoms with Gasteiger partial charge in [-0.15, -0.1) is 0 Å². The van der Waals surface area contributed by atoms with Crippen LogP contribution in [0.1, 0.15) is 47.0 Å². The van der Waals surface area contributed by atoms with Crippen LogP contribution in [0, 0.1) is 20.8 Å². The van der Waals surface area contributed by atoms with Gasteiger partial charge in [0.05, 0.1) is 0 Å². The number of benzene rings is 2. The van der Waals surface area contributed by atoms with Gasteiger partial charge in [0.2, 0.25) is 17.6 Å². The van der Waals surface area contributed by atoms with Crippen LogP contribution in [-0.4, -0.2) is 20.9 Å². The Morgan fingerprint density at radius 3 is 2.70 bits per heavy atom. The largest absolute Gasteiger partial charge is 0.337 e. The van der Waals surface area contributed by atoms with Gasteiger partial charge in [-0.1, -0.05) is 53.2 Å². The number of carbonyl (C=O) groups excluding carboxylic acids is 1. The SMILES string of the molecule is Cc1ccc(-c2noc(C3CCC(=O)N3Cc3ccccc3C)n2)c(C)c1. The van der Waals surface area contributed by atoms with Crippen LogP contribution in [0.25, 0.3) is 11.4 Å². The Morgan fingerprint density at radius 1 is 1.11 bits per heavy atom. The van der Waals surface area contributed by atoms with E-state index in [1.165, 1.54) is 11.1 Å². The van der Waals surface area contributed by atoms with E-state index in [-0.39, 0.29) is 11.9 Å². The average molecular weight is 361 g/mol. The third-order valence-corrected chi connectivity index (χ3v) is 5.28. The number of carbonyl (C=O) groups is 1. The van der Waals surface area contributed by atoms with Crippen LogP contribution in [0.4, 0.5) is 0 Å². The fourth-order valence-electron chi connectivity index (χ4n) is 3.70. The van der Waals surface area contributed by atoms with E-state index in [9.17, 15) is 4.79 Å². The molecule has 1 fully saturated rings. The lowest BCUT2D eigenvalue weighted by atomic mass is 10.1. The first kappa shape index (κ1) is 17.5. The summed E-state index contributed by atoms with van der Waals surface area (Å²) in [4.78, 5) is 19.0. The first-order valence-corrected chi connectivity index (χ1v) is 9.28. The van der Waals surface area contributed by atoms with Gasteiger partial charge in [-0.2, -0.15) is 4.98 Å². The Morgan fingerprint density at radius 2 is 1.93 bits per heavy atom. The van der Waals surface area contributed by atoms with Gasteiger partial charge in [-0.05, 0) is 43.9 Å². The molecule has 1 aliphatic rings. The molecular formula is C22H23N3O2. The fourth-order valence-corrected chi connectivity index (χ4v) is 3.70. The number of aryl methyl sites for hydroxylation is 3. The van der Waals surface area contributed by atoms with E-state index in [0.29, 0.717) is 31.1 Å². The smallest absolute Gasteiger partial charge is 0.249 e. The summed E-state index contributed by atoms with van der Waals surface area (Å²) in [5, 5.41) is 4.18. The lowest BCUT2D eigenvalue weighted by Crippen LogP contribution is -2.27. The molecule has 0 saturated carbocycles. The Kier molecular flexibility index (Phi) is 4.52. The van der Waals surface area contributed by atoms with E-state index in [0.717, 1.165) is 16.7 Å². The van der Waals surface area contributed by atoms with E-state index >= 15 is 0 Å². The monoisotopic (exact) mass is 361 g/mol. The third kappa shape index (κ3) is 3.37. The van der Waals surface area contributed by atoms with Crippen LogP contribution < -0.4 is 0 Å². The molecular weight excluding hydrogens is 338 g/mol. The molecule has 2 heterocycles. The second-order valence-corrected chi connectivity index (χ2v) is 7.28. The van der Waals surface area contributed by atoms with Crippen LogP contribution in [0.2, 0.25) is 0 Å². The number of rotatable bonds is 4. The van der Waals surface area contributed by atoms with E-state index < -0.39 is 0 Å². The first-order chi connectivity index (χ1) is 13.0. The molecule has 1 atom stereocenters. The molecule has 138 valence electrons. The molecule has 27 heavy (non-hydrogen) atoms. The fraction of sp³-hybridized carbons (Fsp3) is 0.318. The topological polar surface area (TPSA) is 59.2 Å². The van der Waals surface area contributed by atoms with E-state index in [1.807, 2.05) is 36.1 Å². The summed E-state index contributed by atoms with van der Waals surface area (Å²) in [6, 6.07) is 14.1. The molecule has 0 bridgehead atoms. The summed E-state index contributed by atoms with van der Waals surface area (Å²) in [7, 11) is 0. The van der Waals surface area contributed by atoms with Crippen molar-refractivity contribution in [2.24, 2.45) is 0 Å². The van der Waals surface area contributed by atoms with E-state index in [4.69, 9.17) is 4.52 Å². The minimum Gasteiger partial charge on any atom is -0.337 e. The number of amides is 1. The zero-order valence-electron chi connectivity index (χ0n) is 15.9. The Bertz CT molecular complexity index is 993. The quantitative estimate of drug-likeness (QED) is 0.685. The molecule has 0 aliphatic carbocycles. The highest BCUT2D eigenvalue weighted by Crippen LogP contribution is 2.34. The van der Waals surface area contributed by atoms with Crippen molar-refractivity contribution >= 4 is 5.91 Å². The van der Waals surface area contributed by atoms with Gasteiger partial charge in [-0.3, -0.25) is 4.79 Å². The molecule has 0 radical (unpaired) electrons. The van der Waals surface area contributed by atoms with E-state index in [2.05, 4.69) is 42.2 Å². The molecule has 4 rings (SSSR count). The molecule has 1 unspecified atom stereocenters. The standard InChI is InChI=1S/C22H23N3O2/c1-14-8-9-18(16(3)12-14)21-23-22(27-24-21)19-10-11-20(26)25(19)13-17-7-5-4-6-15(17)2/h4-9,12,19H,10-11,13H2,1-3H3. The Hall–Kier alpha value is -2.95. The summed E-state index contributed by atoms with van der Waals surface area (Å²) >= 11 is 0. The molecule has 1 saturated heterocycles. The number of nitrogens with zero attached hydrogens (tertiary/aromatic N) is 3. The summed E-state index contributed by atoms with van der Waals surface area (Å²) in [5.41, 5.74) is 5.60. The van der Waals surface area contributed by atoms with Crippen LogP contribution in [-0.2, 0) is 11.3 Å². The minimum absolute atomic E-state index is 0.134. The van der Waals surface area contributed by atoms with Crippen LogP contribution in [0.15, 0.2) is 47.0 Å². The Labute approximate surface area is 159 Å². The van der Waals surface area contributed by atoms with Crippen LogP contribution >= 0.6 is 0 Å². The van der Waals surface area contributed by atoms with Crippen molar-refractivity contribution in [3.05, 3.63) is 70.6 Å². The first-order valence-electron chi connectivity index (χ1n) is 9.28. The number of hydrogen-bond acceptors (Lipinski definition) is 4. The van der Waals surface area contributed by atoms with Gasteiger partial charge in [0, 0.05) is 18.5 Å². The van der Waals surface area contributed by atoms with Crippen molar-refractivity contribution < 1.29 is 9.32 Å². The number of likely N-dealkylation sites (tertiary alicyclic amines) is 1. The molecule has 1 amide bonds. The van der Waals surface area contributed by atoms with Crippen LogP contribution in [0.3, 0.4) is 0 Å². The molecule has 2 aromatic carbocycles. The van der Waals surface area contributed by atoms with Crippen LogP contribution in [0.5, 0.6) is 0 Å². The number of aromatic nitrogens is 2. The second-order valence-electron chi connectivity index (χ2n) is 7.28. The molecule has 5 heteroatoms. The maximum absolute atomic E-state index is 12.5. The average Bonchev–Trinajstić information content (AvgIpc) is 3.24. The van der Waals surface area contributed by atoms with Gasteiger partial charge in [0.15, 0.2) is 0 Å². The van der Waals surface area contributed by atoms with Gasteiger partial charge < -0.3 is 9.42 Å². The summed E-state index contributed by atoms with van der Waals surface area (Å²) in [6.07, 6.45) is 1.22. The zero-order valence-corrected chi connectivity index (χ0v) is 15.9. The highest BCUT2D eigenvalue weighted by Gasteiger charge is 2.36. The van der Waals surface area contributed by atoms with Crippen molar-refractivity contribution in [1.29, 1.82) is 0 Å². The van der Waals surface area contributed by atoms with E-state index in [1.54, 1.807) is 0 Å². The highest BCUT2D eigenvalue weighted by molar-refractivity contribution is 5.79. The van der Waals surface area contributed by atoms with Gasteiger partial charge in [0.25, 0.3) is 0 Å². The summed E-state index contributed by atoms with van der Waals surface area (Å²) < 4.78 is 5.58. The predicted octanol–water partition coefficient (Wildman–Crippen LogP) is 4.53. The molecule has 0 N–H and O–H groups in total. The summed E-state index contributed by atoms with van der Waals surface area (Å²) in [5.74, 6) is 1.23. The molecule has 3 aromatic rings. The Balaban J connectivity index is 1.61. The maximum atomic E-state index is 12.5. The molecule has 0 spiro atoms. The van der Waals surface area contributed by atoms with Gasteiger partial charge >= 0.3 is 0 Å². The third-order valence-electron chi connectivity index (χ3n) is 5.28. The van der Waals surface area contributed by atoms with Gasteiger partial charge in [0.1, 0.15) is 6.04 Å². The second kappa shape index (κ2) is 6.99. The molecule has 5 nitrogen and oxygen atoms in total. The zero-order chi connectivity index (χ0) is 19.0. The lowest BCUT2D eigenvalue weighted by molar-refractivity contribution is -0.130. The van der Waals surface area contributed by atoms with Crippen molar-refractivity contribution in [3.63, 3.8) is 0 Å².